The Labute approximate surface area is 114 Å². The lowest BCUT2D eigenvalue weighted by molar-refractivity contribution is -0.122. The Hall–Kier alpha value is -1.68. The van der Waals surface area contributed by atoms with Crippen LogP contribution in [0.4, 0.5) is 0 Å². The molecular weight excluding hydrogens is 240 g/mol. The molecule has 2 N–H and O–H groups in total. The molecular formula is C15H22N2O2. The summed E-state index contributed by atoms with van der Waals surface area (Å²) in [6, 6.07) is 9.63. The zero-order valence-corrected chi connectivity index (χ0v) is 11.5. The second kappa shape index (κ2) is 8.43. The number of ketones is 1. The van der Waals surface area contributed by atoms with Gasteiger partial charge < -0.3 is 5.73 Å². The zero-order valence-electron chi connectivity index (χ0n) is 11.5. The van der Waals surface area contributed by atoms with E-state index in [1.807, 2.05) is 35.2 Å². The zero-order chi connectivity index (χ0) is 14.1. The molecule has 4 nitrogen and oxygen atoms in total. The maximum absolute atomic E-state index is 12.0. The number of carbonyl (C=O) groups is 2. The fourth-order valence-electron chi connectivity index (χ4n) is 1.94. The van der Waals surface area contributed by atoms with E-state index in [1.54, 1.807) is 0 Å². The standard InChI is InChI=1S/C15H22N2O2/c1-2-3-9-17(12-15(16)19)11-14(18)10-13-7-5-4-6-8-13/h4-8H,2-3,9-12H2,1H3,(H2,16,19). The van der Waals surface area contributed by atoms with Crippen molar-refractivity contribution < 1.29 is 9.59 Å². The average molecular weight is 262 g/mol. The molecule has 0 bridgehead atoms. The third-order valence-corrected chi connectivity index (χ3v) is 2.85. The third-order valence-electron chi connectivity index (χ3n) is 2.85. The molecule has 0 atom stereocenters. The second-order valence-corrected chi connectivity index (χ2v) is 4.73. The van der Waals surface area contributed by atoms with Gasteiger partial charge in [-0.1, -0.05) is 43.7 Å². The lowest BCUT2D eigenvalue weighted by atomic mass is 10.1. The highest BCUT2D eigenvalue weighted by Gasteiger charge is 2.12. The highest BCUT2D eigenvalue weighted by molar-refractivity contribution is 5.83. The van der Waals surface area contributed by atoms with Crippen LogP contribution < -0.4 is 5.73 Å². The van der Waals surface area contributed by atoms with E-state index >= 15 is 0 Å². The van der Waals surface area contributed by atoms with Gasteiger partial charge in [-0.3, -0.25) is 14.5 Å². The van der Waals surface area contributed by atoms with E-state index < -0.39 is 0 Å². The lowest BCUT2D eigenvalue weighted by Gasteiger charge is -2.19. The van der Waals surface area contributed by atoms with Crippen molar-refractivity contribution in [1.82, 2.24) is 4.90 Å². The minimum Gasteiger partial charge on any atom is -0.369 e. The summed E-state index contributed by atoms with van der Waals surface area (Å²) in [4.78, 5) is 24.8. The normalized spacial score (nSPS) is 10.6. The van der Waals surface area contributed by atoms with Gasteiger partial charge >= 0.3 is 0 Å². The molecule has 0 saturated carbocycles. The molecule has 4 heteroatoms. The van der Waals surface area contributed by atoms with Crippen molar-refractivity contribution in [3.05, 3.63) is 35.9 Å². The van der Waals surface area contributed by atoms with Crippen LogP contribution in [-0.4, -0.2) is 36.2 Å². The van der Waals surface area contributed by atoms with Gasteiger partial charge in [-0.2, -0.15) is 0 Å². The van der Waals surface area contributed by atoms with Gasteiger partial charge in [0.25, 0.3) is 0 Å². The summed E-state index contributed by atoms with van der Waals surface area (Å²) < 4.78 is 0. The lowest BCUT2D eigenvalue weighted by Crippen LogP contribution is -2.38. The fourth-order valence-corrected chi connectivity index (χ4v) is 1.94. The van der Waals surface area contributed by atoms with Gasteiger partial charge in [0.05, 0.1) is 13.1 Å². The summed E-state index contributed by atoms with van der Waals surface area (Å²) >= 11 is 0. The Morgan fingerprint density at radius 2 is 1.84 bits per heavy atom. The van der Waals surface area contributed by atoms with Gasteiger partial charge in [-0.25, -0.2) is 0 Å². The molecule has 0 aliphatic heterocycles. The monoisotopic (exact) mass is 262 g/mol. The minimum absolute atomic E-state index is 0.114. The van der Waals surface area contributed by atoms with E-state index in [0.29, 0.717) is 6.42 Å². The van der Waals surface area contributed by atoms with Crippen LogP contribution in [0.15, 0.2) is 30.3 Å². The van der Waals surface area contributed by atoms with E-state index in [2.05, 4.69) is 6.92 Å². The van der Waals surface area contributed by atoms with Gasteiger partial charge in [-0.05, 0) is 18.5 Å². The van der Waals surface area contributed by atoms with E-state index in [0.717, 1.165) is 24.9 Å². The van der Waals surface area contributed by atoms with Gasteiger partial charge in [0, 0.05) is 6.42 Å². The predicted molar refractivity (Wildman–Crippen MR) is 75.7 cm³/mol. The van der Waals surface area contributed by atoms with E-state index in [9.17, 15) is 9.59 Å². The molecule has 19 heavy (non-hydrogen) atoms. The van der Waals surface area contributed by atoms with E-state index in [4.69, 9.17) is 5.73 Å². The van der Waals surface area contributed by atoms with Gasteiger partial charge in [0.2, 0.25) is 5.91 Å². The summed E-state index contributed by atoms with van der Waals surface area (Å²) in [6.07, 6.45) is 2.40. The molecule has 0 spiro atoms. The Balaban J connectivity index is 2.48. The van der Waals surface area contributed by atoms with Crippen LogP contribution in [0, 0.1) is 0 Å². The topological polar surface area (TPSA) is 63.4 Å². The molecule has 1 aromatic carbocycles. The number of amides is 1. The Bertz CT molecular complexity index is 404. The van der Waals surface area contributed by atoms with Crippen LogP contribution in [-0.2, 0) is 16.0 Å². The summed E-state index contributed by atoms with van der Waals surface area (Å²) in [7, 11) is 0. The Morgan fingerprint density at radius 1 is 1.16 bits per heavy atom. The Kier molecular flexibility index (Phi) is 6.82. The molecule has 104 valence electrons. The molecule has 0 aliphatic carbocycles. The van der Waals surface area contributed by atoms with Gasteiger partial charge in [-0.15, -0.1) is 0 Å². The highest BCUT2D eigenvalue weighted by Crippen LogP contribution is 2.02. The number of hydrogen-bond donors (Lipinski definition) is 1. The van der Waals surface area contributed by atoms with Crippen molar-refractivity contribution in [2.24, 2.45) is 5.73 Å². The number of primary amides is 1. The highest BCUT2D eigenvalue weighted by atomic mass is 16.1. The van der Waals surface area contributed by atoms with E-state index in [1.165, 1.54) is 0 Å². The first-order chi connectivity index (χ1) is 9.11. The van der Waals surface area contributed by atoms with Crippen molar-refractivity contribution in [3.8, 4) is 0 Å². The minimum atomic E-state index is -0.386. The first-order valence-corrected chi connectivity index (χ1v) is 6.68. The van der Waals surface area contributed by atoms with Crippen molar-refractivity contribution in [2.75, 3.05) is 19.6 Å². The average Bonchev–Trinajstić information content (AvgIpc) is 2.36. The number of nitrogens with two attached hydrogens (primary N) is 1. The van der Waals surface area contributed by atoms with Crippen LogP contribution in [0.2, 0.25) is 0 Å². The van der Waals surface area contributed by atoms with Crippen molar-refractivity contribution in [2.45, 2.75) is 26.2 Å². The van der Waals surface area contributed by atoms with Crippen LogP contribution in [0.25, 0.3) is 0 Å². The maximum Gasteiger partial charge on any atom is 0.231 e. The van der Waals surface area contributed by atoms with Crippen LogP contribution in [0.1, 0.15) is 25.3 Å². The molecule has 0 unspecified atom stereocenters. The number of Topliss-reactive ketones (excluding diaryl/α,β-unsaturated/α-hetero) is 1. The number of unbranched alkanes of at least 4 members (excludes halogenated alkanes) is 1. The maximum atomic E-state index is 12.0. The Morgan fingerprint density at radius 3 is 2.42 bits per heavy atom. The molecule has 1 aromatic rings. The third kappa shape index (κ3) is 6.72. The number of nitrogens with zero attached hydrogens (tertiary/aromatic N) is 1. The molecule has 0 aromatic heterocycles. The first-order valence-electron chi connectivity index (χ1n) is 6.68. The molecule has 0 fully saturated rings. The molecule has 1 amide bonds. The number of benzene rings is 1. The molecule has 0 radical (unpaired) electrons. The van der Waals surface area contributed by atoms with Crippen LogP contribution in [0.3, 0.4) is 0 Å². The van der Waals surface area contributed by atoms with E-state index in [-0.39, 0.29) is 24.8 Å². The quantitative estimate of drug-likeness (QED) is 0.731. The van der Waals surface area contributed by atoms with Crippen LogP contribution >= 0.6 is 0 Å². The van der Waals surface area contributed by atoms with Crippen LogP contribution in [0.5, 0.6) is 0 Å². The SMILES string of the molecule is CCCCN(CC(N)=O)CC(=O)Cc1ccccc1. The predicted octanol–water partition coefficient (Wildman–Crippen LogP) is 1.39. The molecule has 1 rings (SSSR count). The summed E-state index contributed by atoms with van der Waals surface area (Å²) in [5.41, 5.74) is 6.20. The fraction of sp³-hybridized carbons (Fsp3) is 0.467. The van der Waals surface area contributed by atoms with Crippen molar-refractivity contribution >= 4 is 11.7 Å². The largest absolute Gasteiger partial charge is 0.369 e. The van der Waals surface area contributed by atoms with Crippen molar-refractivity contribution in [3.63, 3.8) is 0 Å². The summed E-state index contributed by atoms with van der Waals surface area (Å²) in [5, 5.41) is 0. The van der Waals surface area contributed by atoms with Gasteiger partial charge in [0.1, 0.15) is 0 Å². The number of rotatable bonds is 9. The first kappa shape index (κ1) is 15.4. The van der Waals surface area contributed by atoms with Crippen molar-refractivity contribution in [1.29, 1.82) is 0 Å². The summed E-state index contributed by atoms with van der Waals surface area (Å²) in [6.45, 7) is 3.26. The molecule has 0 heterocycles. The van der Waals surface area contributed by atoms with Gasteiger partial charge in [0.15, 0.2) is 5.78 Å². The second-order valence-electron chi connectivity index (χ2n) is 4.73. The number of hydrogen-bond acceptors (Lipinski definition) is 3. The molecule has 0 aliphatic rings. The number of carbonyl (C=O) groups excluding carboxylic acids is 2. The smallest absolute Gasteiger partial charge is 0.231 e. The summed E-state index contributed by atoms with van der Waals surface area (Å²) in [5.74, 6) is -0.271. The molecule has 0 saturated heterocycles.